The third-order valence-electron chi connectivity index (χ3n) is 2.18. The van der Waals surface area contributed by atoms with Gasteiger partial charge in [-0.15, -0.1) is 0 Å². The third kappa shape index (κ3) is 7.38. The lowest BCUT2D eigenvalue weighted by Crippen LogP contribution is -2.41. The van der Waals surface area contributed by atoms with Crippen molar-refractivity contribution >= 4 is 23.2 Å². The molecule has 2 N–H and O–H groups in total. The number of benzene rings is 1. The maximum Gasteiger partial charge on any atom is 0.264 e. The Hall–Kier alpha value is -1.66. The van der Waals surface area contributed by atoms with Gasteiger partial charge in [0.05, 0.1) is 0 Å². The Kier molecular flexibility index (Phi) is 7.53. The molecule has 1 rings (SSSR count). The lowest BCUT2D eigenvalue weighted by molar-refractivity contribution is -0.121. The van der Waals surface area contributed by atoms with E-state index in [0.29, 0.717) is 24.0 Å². The van der Waals surface area contributed by atoms with Crippen LogP contribution >= 0.6 is 12.2 Å². The largest absolute Gasteiger partial charge is 0.484 e. The molecule has 0 aliphatic rings. The van der Waals surface area contributed by atoms with E-state index in [4.69, 9.17) is 21.7 Å². The summed E-state index contributed by atoms with van der Waals surface area (Å²) < 4.78 is 10.2. The van der Waals surface area contributed by atoms with E-state index in [1.165, 1.54) is 0 Å². The van der Waals surface area contributed by atoms with Crippen molar-refractivity contribution in [3.8, 4) is 5.75 Å². The summed E-state index contributed by atoms with van der Waals surface area (Å²) in [6.07, 6.45) is 0.826. The fourth-order valence-electron chi connectivity index (χ4n) is 1.29. The van der Waals surface area contributed by atoms with E-state index in [9.17, 15) is 4.79 Å². The van der Waals surface area contributed by atoms with Crippen LogP contribution in [0.3, 0.4) is 0 Å². The van der Waals surface area contributed by atoms with Crippen LogP contribution in [0, 0.1) is 0 Å². The summed E-state index contributed by atoms with van der Waals surface area (Å²) >= 11 is 4.97. The smallest absolute Gasteiger partial charge is 0.264 e. The van der Waals surface area contributed by atoms with Gasteiger partial charge >= 0.3 is 0 Å². The summed E-state index contributed by atoms with van der Waals surface area (Å²) in [7, 11) is 1.64. The molecule has 0 fully saturated rings. The van der Waals surface area contributed by atoms with E-state index in [0.717, 1.165) is 6.42 Å². The van der Waals surface area contributed by atoms with E-state index < -0.39 is 0 Å². The SMILES string of the molecule is COCCCNC(=S)NC(=O)COc1ccccc1. The van der Waals surface area contributed by atoms with Crippen LogP contribution in [0.5, 0.6) is 5.75 Å². The van der Waals surface area contributed by atoms with Gasteiger partial charge in [0.15, 0.2) is 11.7 Å². The number of nitrogens with one attached hydrogen (secondary N) is 2. The van der Waals surface area contributed by atoms with Gasteiger partial charge in [0.1, 0.15) is 5.75 Å². The average Bonchev–Trinajstić information content (AvgIpc) is 2.42. The summed E-state index contributed by atoms with van der Waals surface area (Å²) in [5.74, 6) is 0.365. The molecule has 1 aromatic carbocycles. The zero-order valence-electron chi connectivity index (χ0n) is 10.8. The minimum Gasteiger partial charge on any atom is -0.484 e. The highest BCUT2D eigenvalue weighted by molar-refractivity contribution is 7.80. The Balaban J connectivity index is 2.15. The zero-order valence-corrected chi connectivity index (χ0v) is 11.7. The highest BCUT2D eigenvalue weighted by atomic mass is 32.1. The number of ether oxygens (including phenoxy) is 2. The number of amides is 1. The number of hydrogen-bond acceptors (Lipinski definition) is 4. The summed E-state index contributed by atoms with van der Waals surface area (Å²) in [4.78, 5) is 11.5. The molecule has 6 heteroatoms. The number of thiocarbonyl (C=S) groups is 1. The molecular weight excluding hydrogens is 264 g/mol. The van der Waals surface area contributed by atoms with Gasteiger partial charge < -0.3 is 20.1 Å². The number of carbonyl (C=O) groups excluding carboxylic acids is 1. The fourth-order valence-corrected chi connectivity index (χ4v) is 1.51. The minimum absolute atomic E-state index is 0.0656. The normalized spacial score (nSPS) is 9.74. The number of carbonyl (C=O) groups is 1. The number of hydrogen-bond donors (Lipinski definition) is 2. The molecule has 0 unspecified atom stereocenters. The van der Waals surface area contributed by atoms with Crippen LogP contribution in [0.2, 0.25) is 0 Å². The Bertz CT molecular complexity index is 398. The van der Waals surface area contributed by atoms with Crippen LogP contribution < -0.4 is 15.4 Å². The first kappa shape index (κ1) is 15.4. The molecule has 0 aliphatic carbocycles. The van der Waals surface area contributed by atoms with Crippen molar-refractivity contribution in [2.75, 3.05) is 26.9 Å². The maximum absolute atomic E-state index is 11.5. The van der Waals surface area contributed by atoms with Crippen molar-refractivity contribution in [3.05, 3.63) is 30.3 Å². The Labute approximate surface area is 118 Å². The molecular formula is C13H18N2O3S. The van der Waals surface area contributed by atoms with Crippen LogP contribution in [0.1, 0.15) is 6.42 Å². The van der Waals surface area contributed by atoms with Gasteiger partial charge in [0.25, 0.3) is 5.91 Å². The van der Waals surface area contributed by atoms with E-state index in [2.05, 4.69) is 10.6 Å². The van der Waals surface area contributed by atoms with E-state index >= 15 is 0 Å². The summed E-state index contributed by atoms with van der Waals surface area (Å²) in [5, 5.41) is 5.76. The highest BCUT2D eigenvalue weighted by Crippen LogP contribution is 2.07. The molecule has 1 aromatic rings. The van der Waals surface area contributed by atoms with Gasteiger partial charge in [0.2, 0.25) is 0 Å². The molecule has 0 atom stereocenters. The first-order chi connectivity index (χ1) is 9.22. The fraction of sp³-hybridized carbons (Fsp3) is 0.385. The van der Waals surface area contributed by atoms with Gasteiger partial charge in [-0.2, -0.15) is 0 Å². The molecule has 1 amide bonds. The van der Waals surface area contributed by atoms with Gasteiger partial charge in [-0.3, -0.25) is 4.79 Å². The highest BCUT2D eigenvalue weighted by Gasteiger charge is 2.04. The van der Waals surface area contributed by atoms with Crippen LogP contribution in [0.15, 0.2) is 30.3 Å². The molecule has 0 aliphatic heterocycles. The third-order valence-corrected chi connectivity index (χ3v) is 2.42. The second kappa shape index (κ2) is 9.29. The van der Waals surface area contributed by atoms with Gasteiger partial charge in [-0.25, -0.2) is 0 Å². The summed E-state index contributed by atoms with van der Waals surface area (Å²) in [6, 6.07) is 9.14. The number of rotatable bonds is 7. The van der Waals surface area contributed by atoms with Crippen molar-refractivity contribution in [1.29, 1.82) is 0 Å². The van der Waals surface area contributed by atoms with E-state index in [1.54, 1.807) is 19.2 Å². The molecule has 0 spiro atoms. The molecule has 104 valence electrons. The van der Waals surface area contributed by atoms with Crippen molar-refractivity contribution in [1.82, 2.24) is 10.6 Å². The number of methoxy groups -OCH3 is 1. The van der Waals surface area contributed by atoms with Gasteiger partial charge in [0, 0.05) is 20.3 Å². The second-order valence-corrected chi connectivity index (χ2v) is 4.16. The first-order valence-electron chi connectivity index (χ1n) is 5.97. The van der Waals surface area contributed by atoms with Crippen molar-refractivity contribution in [3.63, 3.8) is 0 Å². The minimum atomic E-state index is -0.284. The lowest BCUT2D eigenvalue weighted by atomic mass is 10.3. The second-order valence-electron chi connectivity index (χ2n) is 3.75. The Morgan fingerprint density at radius 3 is 2.74 bits per heavy atom. The predicted octanol–water partition coefficient (Wildman–Crippen LogP) is 1.09. The van der Waals surface area contributed by atoms with Crippen molar-refractivity contribution < 1.29 is 14.3 Å². The standard InChI is InChI=1S/C13H18N2O3S/c1-17-9-5-8-14-13(19)15-12(16)10-18-11-6-3-2-4-7-11/h2-4,6-7H,5,8-10H2,1H3,(H2,14,15,16,19). The Morgan fingerprint density at radius 1 is 1.32 bits per heavy atom. The Morgan fingerprint density at radius 2 is 2.05 bits per heavy atom. The van der Waals surface area contributed by atoms with Crippen molar-refractivity contribution in [2.24, 2.45) is 0 Å². The molecule has 0 bridgehead atoms. The molecule has 0 saturated carbocycles. The molecule has 0 saturated heterocycles. The topological polar surface area (TPSA) is 59.6 Å². The van der Waals surface area contributed by atoms with Gasteiger partial charge in [-0.05, 0) is 30.8 Å². The van der Waals surface area contributed by atoms with E-state index in [1.807, 2.05) is 18.2 Å². The van der Waals surface area contributed by atoms with Crippen LogP contribution in [0.25, 0.3) is 0 Å². The summed E-state index contributed by atoms with van der Waals surface area (Å²) in [5.41, 5.74) is 0. The molecule has 0 heterocycles. The molecule has 19 heavy (non-hydrogen) atoms. The average molecular weight is 282 g/mol. The zero-order chi connectivity index (χ0) is 13.9. The number of para-hydroxylation sites is 1. The molecule has 0 radical (unpaired) electrons. The lowest BCUT2D eigenvalue weighted by Gasteiger charge is -2.10. The monoisotopic (exact) mass is 282 g/mol. The van der Waals surface area contributed by atoms with Crippen LogP contribution in [-0.4, -0.2) is 37.9 Å². The van der Waals surface area contributed by atoms with Crippen LogP contribution in [-0.2, 0) is 9.53 Å². The van der Waals surface area contributed by atoms with Gasteiger partial charge in [-0.1, -0.05) is 18.2 Å². The summed E-state index contributed by atoms with van der Waals surface area (Å²) in [6.45, 7) is 1.25. The molecule has 0 aromatic heterocycles. The van der Waals surface area contributed by atoms with Crippen molar-refractivity contribution in [2.45, 2.75) is 6.42 Å². The first-order valence-corrected chi connectivity index (χ1v) is 6.37. The quantitative estimate of drug-likeness (QED) is 0.579. The molecule has 5 nitrogen and oxygen atoms in total. The van der Waals surface area contributed by atoms with E-state index in [-0.39, 0.29) is 12.5 Å². The van der Waals surface area contributed by atoms with Crippen LogP contribution in [0.4, 0.5) is 0 Å². The maximum atomic E-state index is 11.5. The predicted molar refractivity (Wildman–Crippen MR) is 77.2 cm³/mol.